The van der Waals surface area contributed by atoms with Gasteiger partial charge in [0.05, 0.1) is 5.52 Å². The molecule has 0 radical (unpaired) electrons. The molecule has 1 heterocycles. The Hall–Kier alpha value is -1.97. The molecule has 2 aromatic rings. The van der Waals surface area contributed by atoms with Gasteiger partial charge < -0.3 is 15.6 Å². The summed E-state index contributed by atoms with van der Waals surface area (Å²) in [6.45, 7) is 0.365. The van der Waals surface area contributed by atoms with E-state index in [1.54, 1.807) is 0 Å². The number of nitrogens with one attached hydrogen (secondary N) is 1. The molecule has 1 amide bonds. The van der Waals surface area contributed by atoms with Crippen molar-refractivity contribution in [2.24, 2.45) is 0 Å². The largest absolute Gasteiger partial charge is 0.398 e. The molecule has 1 aliphatic rings. The molecule has 1 aromatic carbocycles. The highest BCUT2D eigenvalue weighted by Crippen LogP contribution is 2.22. The Labute approximate surface area is 99.4 Å². The predicted octanol–water partition coefficient (Wildman–Crippen LogP) is 1.50. The third-order valence-electron chi connectivity index (χ3n) is 3.10. The summed E-state index contributed by atoms with van der Waals surface area (Å²) < 4.78 is 1.93. The fourth-order valence-electron chi connectivity index (χ4n) is 2.04. The molecule has 1 fully saturated rings. The van der Waals surface area contributed by atoms with Gasteiger partial charge in [-0.25, -0.2) is 0 Å². The van der Waals surface area contributed by atoms with Crippen molar-refractivity contribution in [3.8, 4) is 0 Å². The van der Waals surface area contributed by atoms with E-state index in [2.05, 4.69) is 5.32 Å². The summed E-state index contributed by atoms with van der Waals surface area (Å²) >= 11 is 0. The molecule has 0 saturated heterocycles. The highest BCUT2D eigenvalue weighted by molar-refractivity contribution is 5.92. The van der Waals surface area contributed by atoms with Crippen LogP contribution in [0.5, 0.6) is 0 Å². The molecule has 0 bridgehead atoms. The highest BCUT2D eigenvalue weighted by atomic mass is 16.2. The van der Waals surface area contributed by atoms with Crippen molar-refractivity contribution >= 4 is 22.5 Å². The van der Waals surface area contributed by atoms with E-state index in [0.29, 0.717) is 12.6 Å². The summed E-state index contributed by atoms with van der Waals surface area (Å²) in [6.07, 6.45) is 4.14. The van der Waals surface area contributed by atoms with Gasteiger partial charge in [0, 0.05) is 23.3 Å². The van der Waals surface area contributed by atoms with E-state index in [9.17, 15) is 4.79 Å². The maximum absolute atomic E-state index is 11.7. The van der Waals surface area contributed by atoms with Crippen LogP contribution in [0.2, 0.25) is 0 Å². The van der Waals surface area contributed by atoms with Gasteiger partial charge in [-0.2, -0.15) is 0 Å². The first kappa shape index (κ1) is 10.2. The van der Waals surface area contributed by atoms with Gasteiger partial charge in [0.2, 0.25) is 5.91 Å². The Morgan fingerprint density at radius 3 is 3.00 bits per heavy atom. The number of benzene rings is 1. The highest BCUT2D eigenvalue weighted by Gasteiger charge is 2.23. The average Bonchev–Trinajstić information content (AvgIpc) is 3.00. The molecule has 17 heavy (non-hydrogen) atoms. The van der Waals surface area contributed by atoms with Gasteiger partial charge in [-0.05, 0) is 31.0 Å². The number of hydrogen-bond donors (Lipinski definition) is 2. The summed E-state index contributed by atoms with van der Waals surface area (Å²) in [5.74, 6) is 0.0763. The van der Waals surface area contributed by atoms with Crippen LogP contribution in [0.3, 0.4) is 0 Å². The first-order valence-electron chi connectivity index (χ1n) is 5.87. The Bertz CT molecular complexity index is 569. The SMILES string of the molecule is Nc1cccc2c1ccn2CC(=O)NC1CC1. The van der Waals surface area contributed by atoms with Crippen LogP contribution in [-0.2, 0) is 11.3 Å². The average molecular weight is 229 g/mol. The van der Waals surface area contributed by atoms with Crippen molar-refractivity contribution in [1.82, 2.24) is 9.88 Å². The standard InChI is InChI=1S/C13H15N3O/c14-11-2-1-3-12-10(11)6-7-16(12)8-13(17)15-9-4-5-9/h1-3,6-7,9H,4-5,8,14H2,(H,15,17). The van der Waals surface area contributed by atoms with E-state index in [4.69, 9.17) is 5.73 Å². The number of fused-ring (bicyclic) bond motifs is 1. The van der Waals surface area contributed by atoms with Gasteiger partial charge in [0.25, 0.3) is 0 Å². The molecule has 3 N–H and O–H groups in total. The summed E-state index contributed by atoms with van der Waals surface area (Å²) in [4.78, 5) is 11.7. The Morgan fingerprint density at radius 1 is 1.41 bits per heavy atom. The van der Waals surface area contributed by atoms with Crippen LogP contribution in [0, 0.1) is 0 Å². The van der Waals surface area contributed by atoms with E-state index in [1.807, 2.05) is 35.0 Å². The van der Waals surface area contributed by atoms with Crippen molar-refractivity contribution in [3.63, 3.8) is 0 Å². The van der Waals surface area contributed by atoms with Gasteiger partial charge in [-0.15, -0.1) is 0 Å². The summed E-state index contributed by atoms with van der Waals surface area (Å²) in [5.41, 5.74) is 7.64. The van der Waals surface area contributed by atoms with Gasteiger partial charge in [0.15, 0.2) is 0 Å². The van der Waals surface area contributed by atoms with Crippen LogP contribution in [-0.4, -0.2) is 16.5 Å². The number of carbonyl (C=O) groups is 1. The van der Waals surface area contributed by atoms with Crippen LogP contribution in [0.1, 0.15) is 12.8 Å². The molecular formula is C13H15N3O. The number of carbonyl (C=O) groups excluding carboxylic acids is 1. The maximum atomic E-state index is 11.7. The smallest absolute Gasteiger partial charge is 0.240 e. The predicted molar refractivity (Wildman–Crippen MR) is 67.5 cm³/mol. The lowest BCUT2D eigenvalue weighted by atomic mass is 10.2. The molecule has 1 aliphatic carbocycles. The van der Waals surface area contributed by atoms with Crippen molar-refractivity contribution in [1.29, 1.82) is 0 Å². The molecule has 3 rings (SSSR count). The zero-order chi connectivity index (χ0) is 11.8. The minimum absolute atomic E-state index is 0.0763. The van der Waals surface area contributed by atoms with Crippen molar-refractivity contribution < 1.29 is 4.79 Å². The second kappa shape index (κ2) is 3.80. The molecule has 88 valence electrons. The third kappa shape index (κ3) is 1.98. The number of nitrogens with zero attached hydrogens (tertiary/aromatic N) is 1. The van der Waals surface area contributed by atoms with Crippen molar-refractivity contribution in [3.05, 3.63) is 30.5 Å². The summed E-state index contributed by atoms with van der Waals surface area (Å²) in [7, 11) is 0. The monoisotopic (exact) mass is 229 g/mol. The second-order valence-corrected chi connectivity index (χ2v) is 4.57. The number of aromatic nitrogens is 1. The number of hydrogen-bond acceptors (Lipinski definition) is 2. The number of nitrogen functional groups attached to an aromatic ring is 1. The maximum Gasteiger partial charge on any atom is 0.240 e. The fraction of sp³-hybridized carbons (Fsp3) is 0.308. The van der Waals surface area contributed by atoms with Crippen LogP contribution in [0.15, 0.2) is 30.5 Å². The molecule has 0 spiro atoms. The Kier molecular flexibility index (Phi) is 2.28. The molecule has 0 unspecified atom stereocenters. The third-order valence-corrected chi connectivity index (χ3v) is 3.10. The van der Waals surface area contributed by atoms with Gasteiger partial charge >= 0.3 is 0 Å². The van der Waals surface area contributed by atoms with E-state index in [0.717, 1.165) is 29.4 Å². The lowest BCUT2D eigenvalue weighted by Gasteiger charge is -2.06. The minimum Gasteiger partial charge on any atom is -0.398 e. The topological polar surface area (TPSA) is 60.0 Å². The van der Waals surface area contributed by atoms with Crippen molar-refractivity contribution in [2.45, 2.75) is 25.4 Å². The molecule has 4 nitrogen and oxygen atoms in total. The summed E-state index contributed by atoms with van der Waals surface area (Å²) in [6, 6.07) is 8.13. The van der Waals surface area contributed by atoms with Crippen LogP contribution >= 0.6 is 0 Å². The molecular weight excluding hydrogens is 214 g/mol. The first-order chi connectivity index (χ1) is 8.24. The normalized spacial score (nSPS) is 15.1. The first-order valence-corrected chi connectivity index (χ1v) is 5.87. The Morgan fingerprint density at radius 2 is 2.24 bits per heavy atom. The minimum atomic E-state index is 0.0763. The number of rotatable bonds is 3. The molecule has 0 atom stereocenters. The van der Waals surface area contributed by atoms with Gasteiger partial charge in [-0.1, -0.05) is 6.07 Å². The fourth-order valence-corrected chi connectivity index (χ4v) is 2.04. The molecule has 4 heteroatoms. The quantitative estimate of drug-likeness (QED) is 0.784. The van der Waals surface area contributed by atoms with Gasteiger partial charge in [-0.3, -0.25) is 4.79 Å². The number of amides is 1. The number of nitrogens with two attached hydrogens (primary N) is 1. The number of anilines is 1. The van der Waals surface area contributed by atoms with E-state index in [-0.39, 0.29) is 5.91 Å². The van der Waals surface area contributed by atoms with Crippen LogP contribution < -0.4 is 11.1 Å². The van der Waals surface area contributed by atoms with Gasteiger partial charge in [0.1, 0.15) is 6.54 Å². The summed E-state index contributed by atoms with van der Waals surface area (Å²) in [5, 5.41) is 3.99. The van der Waals surface area contributed by atoms with Crippen LogP contribution in [0.4, 0.5) is 5.69 Å². The zero-order valence-corrected chi connectivity index (χ0v) is 9.52. The molecule has 1 aromatic heterocycles. The van der Waals surface area contributed by atoms with E-state index < -0.39 is 0 Å². The zero-order valence-electron chi connectivity index (χ0n) is 9.52. The molecule has 1 saturated carbocycles. The van der Waals surface area contributed by atoms with E-state index >= 15 is 0 Å². The van der Waals surface area contributed by atoms with Crippen LogP contribution in [0.25, 0.3) is 10.9 Å². The lowest BCUT2D eigenvalue weighted by molar-refractivity contribution is -0.121. The van der Waals surface area contributed by atoms with Crippen molar-refractivity contribution in [2.75, 3.05) is 5.73 Å². The van der Waals surface area contributed by atoms with E-state index in [1.165, 1.54) is 0 Å². The lowest BCUT2D eigenvalue weighted by Crippen LogP contribution is -2.28. The Balaban J connectivity index is 1.84. The molecule has 0 aliphatic heterocycles. The second-order valence-electron chi connectivity index (χ2n) is 4.57.